The SMILES string of the molecule is CC(C)C[C@H]1C(=O)N2C(O)CC[C@H]2[C@]2(O)O[C@](NC(=O)[C@@H]3C=C4c5cccc6[nH]c(Br)c(c56)C[C@H]4N(C)C3)(C(C)C)C(=O)N12. The van der Waals surface area contributed by atoms with Crippen LogP contribution in [0.4, 0.5) is 0 Å². The molecule has 2 aromatic rings. The highest BCUT2D eigenvalue weighted by molar-refractivity contribution is 9.10. The summed E-state index contributed by atoms with van der Waals surface area (Å²) < 4.78 is 7.35. The molecule has 4 N–H and O–H groups in total. The zero-order valence-electron chi connectivity index (χ0n) is 25.6. The van der Waals surface area contributed by atoms with E-state index in [4.69, 9.17) is 4.74 Å². The molecule has 3 amide bonds. The molecule has 3 fully saturated rings. The van der Waals surface area contributed by atoms with Gasteiger partial charge in [-0.2, -0.15) is 0 Å². The predicted octanol–water partition coefficient (Wildman–Crippen LogP) is 2.51. The van der Waals surface area contributed by atoms with Crippen molar-refractivity contribution >= 4 is 50.1 Å². The Kier molecular flexibility index (Phi) is 6.88. The van der Waals surface area contributed by atoms with E-state index in [1.165, 1.54) is 10.5 Å². The van der Waals surface area contributed by atoms with Crippen molar-refractivity contribution in [1.29, 1.82) is 0 Å². The average Bonchev–Trinajstić information content (AvgIpc) is 3.58. The van der Waals surface area contributed by atoms with E-state index in [0.29, 0.717) is 6.54 Å². The van der Waals surface area contributed by atoms with Crippen molar-refractivity contribution in [1.82, 2.24) is 25.0 Å². The molecular weight excluding hydrogens is 630 g/mol. The number of fused-ring (bicyclic) bond motifs is 5. The van der Waals surface area contributed by atoms with Crippen molar-refractivity contribution in [3.05, 3.63) is 40.0 Å². The number of nitrogens with one attached hydrogen (secondary N) is 2. The van der Waals surface area contributed by atoms with Crippen LogP contribution in [0, 0.1) is 17.8 Å². The lowest BCUT2D eigenvalue weighted by Gasteiger charge is -2.49. The summed E-state index contributed by atoms with van der Waals surface area (Å²) in [6, 6.07) is 4.24. The van der Waals surface area contributed by atoms with E-state index >= 15 is 0 Å². The number of aromatic nitrogens is 1. The van der Waals surface area contributed by atoms with Crippen LogP contribution in [0.25, 0.3) is 16.5 Å². The average molecular weight is 671 g/mol. The number of carbonyl (C=O) groups is 3. The van der Waals surface area contributed by atoms with Crippen molar-refractivity contribution in [3.63, 3.8) is 0 Å². The van der Waals surface area contributed by atoms with Crippen LogP contribution < -0.4 is 5.32 Å². The fraction of sp³-hybridized carbons (Fsp3) is 0.594. The van der Waals surface area contributed by atoms with Crippen LogP contribution in [0.1, 0.15) is 58.1 Å². The van der Waals surface area contributed by atoms with Gasteiger partial charge >= 0.3 is 0 Å². The molecule has 236 valence electrons. The summed E-state index contributed by atoms with van der Waals surface area (Å²) in [5.41, 5.74) is 2.49. The van der Waals surface area contributed by atoms with Gasteiger partial charge in [-0.15, -0.1) is 0 Å². The Morgan fingerprint density at radius 1 is 1.23 bits per heavy atom. The highest BCUT2D eigenvalue weighted by Crippen LogP contribution is 2.49. The second-order valence-electron chi connectivity index (χ2n) is 13.8. The van der Waals surface area contributed by atoms with Gasteiger partial charge in [-0.1, -0.05) is 45.9 Å². The molecule has 0 radical (unpaired) electrons. The van der Waals surface area contributed by atoms with Crippen LogP contribution >= 0.6 is 15.9 Å². The predicted molar refractivity (Wildman–Crippen MR) is 165 cm³/mol. The molecule has 1 aliphatic carbocycles. The lowest BCUT2D eigenvalue weighted by molar-refractivity contribution is -0.326. The maximum Gasteiger partial charge on any atom is 0.281 e. The zero-order valence-corrected chi connectivity index (χ0v) is 27.2. The molecule has 7 atom stereocenters. The Hall–Kier alpha value is -2.77. The number of likely N-dealkylation sites (N-methyl/N-ethyl adjacent to an activating group) is 1. The van der Waals surface area contributed by atoms with E-state index in [1.54, 1.807) is 13.8 Å². The maximum absolute atomic E-state index is 14.5. The van der Waals surface area contributed by atoms with Crippen molar-refractivity contribution in [2.24, 2.45) is 17.8 Å². The third-order valence-electron chi connectivity index (χ3n) is 10.3. The highest BCUT2D eigenvalue weighted by atomic mass is 79.9. The lowest BCUT2D eigenvalue weighted by Crippen LogP contribution is -2.72. The standard InChI is InChI=1S/C32H40BrN5O6/c1-15(2)11-23-29(41)37-24(9-10-25(37)39)32(43)38(23)30(42)31(44-32,16(3)4)35-28(40)17-12-19-18-7-6-8-21-26(18)20(27(33)34-21)13-22(19)36(5)14-17/h6-8,12,15-17,22-25,34,39,43H,9-11,13-14H2,1-5H3,(H,35,40)/t17-,22-,23+,24+,25?,31-,32+/m1/s1. The Labute approximate surface area is 264 Å². The van der Waals surface area contributed by atoms with Gasteiger partial charge in [0.15, 0.2) is 0 Å². The molecule has 1 aromatic heterocycles. The van der Waals surface area contributed by atoms with E-state index in [1.807, 2.05) is 39.1 Å². The molecule has 1 unspecified atom stereocenters. The van der Waals surface area contributed by atoms with Crippen molar-refractivity contribution in [2.45, 2.75) is 89.4 Å². The van der Waals surface area contributed by atoms with Gasteiger partial charge in [0.05, 0.1) is 10.5 Å². The first kappa shape index (κ1) is 29.9. The minimum atomic E-state index is -2.19. The van der Waals surface area contributed by atoms with E-state index in [0.717, 1.165) is 38.0 Å². The second kappa shape index (κ2) is 10.1. The smallest absolute Gasteiger partial charge is 0.281 e. The van der Waals surface area contributed by atoms with Crippen LogP contribution in [0.15, 0.2) is 28.9 Å². The van der Waals surface area contributed by atoms with Gasteiger partial charge in [-0.25, -0.2) is 0 Å². The number of aliphatic hydroxyl groups excluding tert-OH is 1. The summed E-state index contributed by atoms with van der Waals surface area (Å²) in [5, 5.41) is 26.9. The molecule has 44 heavy (non-hydrogen) atoms. The number of aliphatic hydroxyl groups is 2. The lowest BCUT2D eigenvalue weighted by atomic mass is 9.79. The number of nitrogens with zero attached hydrogens (tertiary/aromatic N) is 3. The third kappa shape index (κ3) is 4.03. The number of carbonyl (C=O) groups excluding carboxylic acids is 3. The molecule has 5 aliphatic rings. The van der Waals surface area contributed by atoms with Gasteiger partial charge in [0, 0.05) is 29.4 Å². The van der Waals surface area contributed by atoms with E-state index < -0.39 is 59.5 Å². The normalized spacial score (nSPS) is 35.0. The summed E-state index contributed by atoms with van der Waals surface area (Å²) in [5.74, 6) is -4.79. The number of H-pyrrole nitrogens is 1. The molecule has 5 heterocycles. The minimum absolute atomic E-state index is 0.0133. The molecule has 0 spiro atoms. The number of halogens is 1. The molecular formula is C32H40BrN5O6. The van der Waals surface area contributed by atoms with E-state index in [2.05, 4.69) is 37.2 Å². The molecule has 3 saturated heterocycles. The highest BCUT2D eigenvalue weighted by Gasteiger charge is 2.72. The number of hydrogen-bond donors (Lipinski definition) is 4. The molecule has 0 bridgehead atoms. The van der Waals surface area contributed by atoms with Crippen LogP contribution in [-0.4, -0.2) is 97.2 Å². The van der Waals surface area contributed by atoms with Crippen LogP contribution in [-0.2, 0) is 25.5 Å². The summed E-state index contributed by atoms with van der Waals surface area (Å²) in [7, 11) is 2.00. The van der Waals surface area contributed by atoms with Gasteiger partial charge in [0.2, 0.25) is 17.5 Å². The quantitative estimate of drug-likeness (QED) is 0.384. The zero-order chi connectivity index (χ0) is 31.5. The molecule has 7 rings (SSSR count). The number of ether oxygens (including phenoxy) is 1. The van der Waals surface area contributed by atoms with Gasteiger partial charge in [-0.05, 0) is 77.3 Å². The summed E-state index contributed by atoms with van der Waals surface area (Å²) in [6.07, 6.45) is 2.52. The summed E-state index contributed by atoms with van der Waals surface area (Å²) in [4.78, 5) is 50.3. The van der Waals surface area contributed by atoms with Crippen molar-refractivity contribution in [3.8, 4) is 0 Å². The topological polar surface area (TPSA) is 138 Å². The monoisotopic (exact) mass is 669 g/mol. The fourth-order valence-corrected chi connectivity index (χ4v) is 8.74. The van der Waals surface area contributed by atoms with Crippen molar-refractivity contribution in [2.75, 3.05) is 13.6 Å². The number of aromatic amines is 1. The van der Waals surface area contributed by atoms with Gasteiger partial charge in [0.1, 0.15) is 18.3 Å². The van der Waals surface area contributed by atoms with Crippen LogP contribution in [0.3, 0.4) is 0 Å². The number of piperazine rings is 1. The number of benzene rings is 1. The van der Waals surface area contributed by atoms with Gasteiger partial charge in [-0.3, -0.25) is 28.9 Å². The van der Waals surface area contributed by atoms with E-state index in [-0.39, 0.29) is 31.2 Å². The number of amides is 3. The van der Waals surface area contributed by atoms with Crippen LogP contribution in [0.5, 0.6) is 0 Å². The molecule has 11 nitrogen and oxygen atoms in total. The number of rotatable bonds is 5. The first-order valence-corrected chi connectivity index (χ1v) is 16.4. The Balaban J connectivity index is 1.25. The Morgan fingerprint density at radius 2 is 1.98 bits per heavy atom. The Morgan fingerprint density at radius 3 is 2.68 bits per heavy atom. The van der Waals surface area contributed by atoms with Gasteiger partial charge < -0.3 is 25.4 Å². The first-order chi connectivity index (χ1) is 20.8. The third-order valence-corrected chi connectivity index (χ3v) is 11.0. The van der Waals surface area contributed by atoms with Crippen LogP contribution in [0.2, 0.25) is 0 Å². The first-order valence-electron chi connectivity index (χ1n) is 15.6. The van der Waals surface area contributed by atoms with E-state index in [9.17, 15) is 24.6 Å². The fourth-order valence-electron chi connectivity index (χ4n) is 8.17. The second-order valence-corrected chi connectivity index (χ2v) is 14.6. The Bertz CT molecular complexity index is 1600. The molecule has 12 heteroatoms. The molecule has 1 aromatic carbocycles. The number of hydrogen-bond acceptors (Lipinski definition) is 7. The van der Waals surface area contributed by atoms with Gasteiger partial charge in [0.25, 0.3) is 11.8 Å². The largest absolute Gasteiger partial charge is 0.374 e. The maximum atomic E-state index is 14.5. The molecule has 0 saturated carbocycles. The molecule has 4 aliphatic heterocycles. The summed E-state index contributed by atoms with van der Waals surface area (Å²) in [6.45, 7) is 7.81. The van der Waals surface area contributed by atoms with Crippen molar-refractivity contribution < 1.29 is 29.3 Å². The minimum Gasteiger partial charge on any atom is -0.374 e. The summed E-state index contributed by atoms with van der Waals surface area (Å²) >= 11 is 3.69.